The van der Waals surface area contributed by atoms with E-state index in [1.54, 1.807) is 12.1 Å². The summed E-state index contributed by atoms with van der Waals surface area (Å²) in [7, 11) is 1.31. The normalized spacial score (nSPS) is 13.1. The van der Waals surface area contributed by atoms with E-state index >= 15 is 0 Å². The van der Waals surface area contributed by atoms with Crippen LogP contribution in [0.2, 0.25) is 0 Å². The number of hydrogen-bond acceptors (Lipinski definition) is 5. The first-order valence-corrected chi connectivity index (χ1v) is 10.1. The standard InChI is InChI=1S/C25H24N2O4/c1-30-24(28)23(26)14-16-10-12-17(13-11-16)27-25(29)31-15-22-20-8-4-2-6-18(20)19-7-3-5-9-21(19)22/h2-13,22-23H,14-15,26H2,1H3,(H,27,29)/t23-/m0/s1. The van der Waals surface area contributed by atoms with E-state index in [9.17, 15) is 9.59 Å². The van der Waals surface area contributed by atoms with Crippen LogP contribution in [0.1, 0.15) is 22.6 Å². The van der Waals surface area contributed by atoms with Crippen molar-refractivity contribution in [3.05, 3.63) is 89.5 Å². The Bertz CT molecular complexity index is 1050. The zero-order valence-corrected chi connectivity index (χ0v) is 17.2. The molecule has 1 amide bonds. The van der Waals surface area contributed by atoms with Crippen molar-refractivity contribution >= 4 is 17.7 Å². The Balaban J connectivity index is 1.36. The Kier molecular flexibility index (Phi) is 6.00. The molecule has 0 heterocycles. The first kappa shape index (κ1) is 20.6. The molecular weight excluding hydrogens is 392 g/mol. The van der Waals surface area contributed by atoms with Crippen LogP contribution in [0.5, 0.6) is 0 Å². The number of nitrogens with two attached hydrogens (primary N) is 1. The molecule has 0 unspecified atom stereocenters. The number of nitrogens with one attached hydrogen (secondary N) is 1. The molecule has 3 aromatic rings. The largest absolute Gasteiger partial charge is 0.468 e. The van der Waals surface area contributed by atoms with E-state index in [-0.39, 0.29) is 12.5 Å². The van der Waals surface area contributed by atoms with Crippen LogP contribution < -0.4 is 11.1 Å². The summed E-state index contributed by atoms with van der Waals surface area (Å²) >= 11 is 0. The van der Waals surface area contributed by atoms with Gasteiger partial charge in [0.05, 0.1) is 7.11 Å². The quantitative estimate of drug-likeness (QED) is 0.591. The van der Waals surface area contributed by atoms with Crippen LogP contribution in [0.25, 0.3) is 11.1 Å². The molecule has 4 rings (SSSR count). The van der Waals surface area contributed by atoms with Crippen molar-refractivity contribution in [3.63, 3.8) is 0 Å². The van der Waals surface area contributed by atoms with E-state index < -0.39 is 18.1 Å². The van der Waals surface area contributed by atoms with Crippen LogP contribution in [0, 0.1) is 0 Å². The number of fused-ring (bicyclic) bond motifs is 3. The van der Waals surface area contributed by atoms with Gasteiger partial charge < -0.3 is 15.2 Å². The number of esters is 1. The second kappa shape index (κ2) is 9.02. The first-order valence-electron chi connectivity index (χ1n) is 10.1. The minimum absolute atomic E-state index is 0.0142. The maximum atomic E-state index is 12.4. The van der Waals surface area contributed by atoms with Gasteiger partial charge in [-0.15, -0.1) is 0 Å². The number of carbonyl (C=O) groups excluding carboxylic acids is 2. The SMILES string of the molecule is COC(=O)[C@@H](N)Cc1ccc(NC(=O)OCC2c3ccccc3-c3ccccc32)cc1. The first-order chi connectivity index (χ1) is 15.1. The number of carbonyl (C=O) groups is 2. The van der Waals surface area contributed by atoms with Crippen molar-refractivity contribution in [3.8, 4) is 11.1 Å². The van der Waals surface area contributed by atoms with Crippen LogP contribution in [0.4, 0.5) is 10.5 Å². The lowest BCUT2D eigenvalue weighted by Gasteiger charge is -2.15. The Morgan fingerprint density at radius 3 is 2.10 bits per heavy atom. The van der Waals surface area contributed by atoms with Crippen molar-refractivity contribution in [2.24, 2.45) is 5.73 Å². The molecular formula is C25H24N2O4. The predicted octanol–water partition coefficient (Wildman–Crippen LogP) is 4.09. The molecule has 6 heteroatoms. The van der Waals surface area contributed by atoms with Gasteiger partial charge in [0.2, 0.25) is 0 Å². The van der Waals surface area contributed by atoms with Crippen LogP contribution in [-0.2, 0) is 20.7 Å². The molecule has 0 saturated heterocycles. The maximum Gasteiger partial charge on any atom is 0.411 e. The van der Waals surface area contributed by atoms with Gasteiger partial charge in [0.15, 0.2) is 0 Å². The van der Waals surface area contributed by atoms with Crippen LogP contribution >= 0.6 is 0 Å². The number of hydrogen-bond donors (Lipinski definition) is 2. The monoisotopic (exact) mass is 416 g/mol. The molecule has 6 nitrogen and oxygen atoms in total. The predicted molar refractivity (Wildman–Crippen MR) is 119 cm³/mol. The highest BCUT2D eigenvalue weighted by atomic mass is 16.5. The van der Waals surface area contributed by atoms with Gasteiger partial charge in [-0.2, -0.15) is 0 Å². The average molecular weight is 416 g/mol. The fourth-order valence-electron chi connectivity index (χ4n) is 3.97. The lowest BCUT2D eigenvalue weighted by molar-refractivity contribution is -0.142. The van der Waals surface area contributed by atoms with Crippen LogP contribution in [0.15, 0.2) is 72.8 Å². The summed E-state index contributed by atoms with van der Waals surface area (Å²) < 4.78 is 10.2. The number of benzene rings is 3. The molecule has 31 heavy (non-hydrogen) atoms. The van der Waals surface area contributed by atoms with Gasteiger partial charge in [-0.05, 0) is 46.4 Å². The molecule has 1 aliphatic rings. The van der Waals surface area contributed by atoms with E-state index in [0.29, 0.717) is 12.1 Å². The second-order valence-corrected chi connectivity index (χ2v) is 7.48. The van der Waals surface area contributed by atoms with Gasteiger partial charge in [-0.1, -0.05) is 60.7 Å². The van der Waals surface area contributed by atoms with Crippen molar-refractivity contribution < 1.29 is 19.1 Å². The maximum absolute atomic E-state index is 12.4. The van der Waals surface area contributed by atoms with Gasteiger partial charge in [0.1, 0.15) is 12.6 Å². The van der Waals surface area contributed by atoms with Gasteiger partial charge in [0.25, 0.3) is 0 Å². The topological polar surface area (TPSA) is 90.6 Å². The van der Waals surface area contributed by atoms with Crippen LogP contribution in [-0.4, -0.2) is 31.8 Å². The Morgan fingerprint density at radius 1 is 0.935 bits per heavy atom. The Labute approximate surface area is 181 Å². The highest BCUT2D eigenvalue weighted by Crippen LogP contribution is 2.44. The van der Waals surface area contributed by atoms with Crippen molar-refractivity contribution in [1.82, 2.24) is 0 Å². The molecule has 0 bridgehead atoms. The van der Waals surface area contributed by atoms with E-state index in [4.69, 9.17) is 10.5 Å². The van der Waals surface area contributed by atoms with E-state index in [2.05, 4.69) is 34.3 Å². The summed E-state index contributed by atoms with van der Waals surface area (Å²) in [5.74, 6) is -0.443. The van der Waals surface area contributed by atoms with E-state index in [1.165, 1.54) is 29.4 Å². The molecule has 0 saturated carbocycles. The molecule has 3 aromatic carbocycles. The highest BCUT2D eigenvalue weighted by Gasteiger charge is 2.29. The van der Waals surface area contributed by atoms with Gasteiger partial charge in [-0.25, -0.2) is 4.79 Å². The summed E-state index contributed by atoms with van der Waals surface area (Å²) in [5, 5.41) is 2.74. The summed E-state index contributed by atoms with van der Waals surface area (Å²) in [6.45, 7) is 0.256. The fourth-order valence-corrected chi connectivity index (χ4v) is 3.97. The van der Waals surface area contributed by atoms with Crippen molar-refractivity contribution in [2.75, 3.05) is 19.0 Å². The molecule has 0 radical (unpaired) electrons. The smallest absolute Gasteiger partial charge is 0.411 e. The average Bonchev–Trinajstić information content (AvgIpc) is 3.12. The molecule has 3 N–H and O–H groups in total. The van der Waals surface area contributed by atoms with Crippen molar-refractivity contribution in [1.29, 1.82) is 0 Å². The molecule has 1 atom stereocenters. The Morgan fingerprint density at radius 2 is 1.52 bits per heavy atom. The number of methoxy groups -OCH3 is 1. The van der Waals surface area contributed by atoms with Gasteiger partial charge >= 0.3 is 12.1 Å². The fraction of sp³-hybridized carbons (Fsp3) is 0.200. The zero-order valence-electron chi connectivity index (χ0n) is 17.2. The Hall–Kier alpha value is -3.64. The van der Waals surface area contributed by atoms with Gasteiger partial charge in [-0.3, -0.25) is 10.1 Å². The number of rotatable bonds is 6. The third kappa shape index (κ3) is 4.44. The third-order valence-electron chi connectivity index (χ3n) is 5.50. The molecule has 158 valence electrons. The van der Waals surface area contributed by atoms with E-state index in [1.807, 2.05) is 36.4 Å². The van der Waals surface area contributed by atoms with E-state index in [0.717, 1.165) is 5.56 Å². The zero-order chi connectivity index (χ0) is 21.8. The number of anilines is 1. The molecule has 0 aromatic heterocycles. The molecule has 0 fully saturated rings. The minimum Gasteiger partial charge on any atom is -0.468 e. The molecule has 0 spiro atoms. The third-order valence-corrected chi connectivity index (χ3v) is 5.50. The number of ether oxygens (including phenoxy) is 2. The highest BCUT2D eigenvalue weighted by molar-refractivity contribution is 5.85. The lowest BCUT2D eigenvalue weighted by atomic mass is 9.98. The molecule has 0 aliphatic heterocycles. The van der Waals surface area contributed by atoms with Crippen molar-refractivity contribution in [2.45, 2.75) is 18.4 Å². The summed E-state index contributed by atoms with van der Waals surface area (Å²) in [6, 6.07) is 22.8. The summed E-state index contributed by atoms with van der Waals surface area (Å²) in [6.07, 6.45) is -0.154. The number of amides is 1. The second-order valence-electron chi connectivity index (χ2n) is 7.48. The van der Waals surface area contributed by atoms with Gasteiger partial charge in [0, 0.05) is 11.6 Å². The summed E-state index contributed by atoms with van der Waals surface area (Å²) in [5.41, 5.74) is 12.0. The summed E-state index contributed by atoms with van der Waals surface area (Å²) in [4.78, 5) is 23.8. The molecule has 1 aliphatic carbocycles. The van der Waals surface area contributed by atoms with Crippen LogP contribution in [0.3, 0.4) is 0 Å². The minimum atomic E-state index is -0.717. The lowest BCUT2D eigenvalue weighted by Crippen LogP contribution is -2.33.